The third-order valence-electron chi connectivity index (χ3n) is 5.95. The number of sulfone groups is 1. The van der Waals surface area contributed by atoms with Crippen molar-refractivity contribution in [2.45, 2.75) is 36.0 Å². The zero-order valence-corrected chi connectivity index (χ0v) is 21.8. The number of ether oxygens (including phenoxy) is 2. The van der Waals surface area contributed by atoms with Gasteiger partial charge in [0, 0.05) is 18.2 Å². The summed E-state index contributed by atoms with van der Waals surface area (Å²) in [7, 11) is -1.69. The van der Waals surface area contributed by atoms with Gasteiger partial charge in [-0.15, -0.1) is 0 Å². The highest BCUT2D eigenvalue weighted by atomic mass is 32.2. The van der Waals surface area contributed by atoms with Crippen molar-refractivity contribution in [2.75, 3.05) is 14.2 Å². The van der Waals surface area contributed by atoms with Gasteiger partial charge >= 0.3 is 0 Å². The molecule has 0 amide bonds. The molecule has 0 fully saturated rings. The third-order valence-corrected chi connectivity index (χ3v) is 7.74. The average Bonchev–Trinajstić information content (AvgIpc) is 2.91. The van der Waals surface area contributed by atoms with Crippen molar-refractivity contribution in [3.05, 3.63) is 82.9 Å². The number of nitrogens with zero attached hydrogens (tertiary/aromatic N) is 3. The zero-order chi connectivity index (χ0) is 27.4. The molecular formula is C27H26FN3O6S. The normalized spacial score (nSPS) is 11.4. The number of unbranched alkanes of at least 4 members (excludes halogenated alkanes) is 1. The van der Waals surface area contributed by atoms with Gasteiger partial charge in [-0.05, 0) is 42.3 Å². The summed E-state index contributed by atoms with van der Waals surface area (Å²) >= 11 is 0. The van der Waals surface area contributed by atoms with Crippen LogP contribution in [-0.4, -0.2) is 42.3 Å². The molecular weight excluding hydrogens is 513 g/mol. The van der Waals surface area contributed by atoms with E-state index in [1.54, 1.807) is 18.2 Å². The minimum absolute atomic E-state index is 0.157. The van der Waals surface area contributed by atoms with Gasteiger partial charge < -0.3 is 14.6 Å². The Morgan fingerprint density at radius 2 is 1.66 bits per heavy atom. The Balaban J connectivity index is 1.92. The lowest BCUT2D eigenvalue weighted by Gasteiger charge is -2.21. The van der Waals surface area contributed by atoms with Crippen LogP contribution in [0.2, 0.25) is 0 Å². The molecule has 198 valence electrons. The van der Waals surface area contributed by atoms with Crippen LogP contribution in [0.5, 0.6) is 17.4 Å². The van der Waals surface area contributed by atoms with Crippen molar-refractivity contribution in [3.63, 3.8) is 0 Å². The summed E-state index contributed by atoms with van der Waals surface area (Å²) in [4.78, 5) is 19.8. The van der Waals surface area contributed by atoms with Gasteiger partial charge in [-0.3, -0.25) is 14.3 Å². The highest BCUT2D eigenvalue weighted by molar-refractivity contribution is 7.91. The van der Waals surface area contributed by atoms with Gasteiger partial charge in [0.1, 0.15) is 28.8 Å². The van der Waals surface area contributed by atoms with Gasteiger partial charge in [0.05, 0.1) is 25.3 Å². The number of benzene rings is 2. The number of methoxy groups -OCH3 is 2. The average molecular weight is 540 g/mol. The highest BCUT2D eigenvalue weighted by Gasteiger charge is 2.31. The van der Waals surface area contributed by atoms with Crippen LogP contribution in [-0.2, 0) is 16.3 Å². The Morgan fingerprint density at radius 3 is 2.24 bits per heavy atom. The number of hydrogen-bond donors (Lipinski definition) is 1. The fourth-order valence-corrected chi connectivity index (χ4v) is 5.41. The predicted octanol–water partition coefficient (Wildman–Crippen LogP) is 4.33. The summed E-state index contributed by atoms with van der Waals surface area (Å²) in [6.07, 6.45) is 4.19. The molecule has 4 aromatic rings. The van der Waals surface area contributed by atoms with Gasteiger partial charge in [-0.1, -0.05) is 31.5 Å². The maximum atomic E-state index is 13.6. The molecule has 9 nitrogen and oxygen atoms in total. The highest BCUT2D eigenvalue weighted by Crippen LogP contribution is 2.38. The second kappa shape index (κ2) is 11.0. The molecule has 2 heterocycles. The molecule has 38 heavy (non-hydrogen) atoms. The number of para-hydroxylation sites is 1. The molecule has 0 saturated heterocycles. The Kier molecular flexibility index (Phi) is 7.77. The van der Waals surface area contributed by atoms with Crippen molar-refractivity contribution in [1.29, 1.82) is 0 Å². The molecule has 0 aliphatic heterocycles. The number of rotatable bonds is 9. The molecule has 1 N–H and O–H groups in total. The van der Waals surface area contributed by atoms with E-state index < -0.39 is 32.0 Å². The molecule has 0 aliphatic carbocycles. The van der Waals surface area contributed by atoms with E-state index >= 15 is 0 Å². The number of aryl methyl sites for hydroxylation is 1. The lowest BCUT2D eigenvalue weighted by atomic mass is 10.1. The predicted molar refractivity (Wildman–Crippen MR) is 138 cm³/mol. The molecule has 0 bridgehead atoms. The van der Waals surface area contributed by atoms with E-state index in [1.807, 2.05) is 6.92 Å². The number of aromatic hydroxyl groups is 1. The zero-order valence-electron chi connectivity index (χ0n) is 21.0. The summed E-state index contributed by atoms with van der Waals surface area (Å²) in [6, 6.07) is 11.6. The van der Waals surface area contributed by atoms with Crippen LogP contribution in [0.25, 0.3) is 16.8 Å². The van der Waals surface area contributed by atoms with Crippen LogP contribution in [0.1, 0.15) is 25.6 Å². The second-order valence-electron chi connectivity index (χ2n) is 8.36. The van der Waals surface area contributed by atoms with E-state index in [2.05, 4.69) is 9.97 Å². The first kappa shape index (κ1) is 26.8. The first-order valence-corrected chi connectivity index (χ1v) is 13.2. The van der Waals surface area contributed by atoms with E-state index in [9.17, 15) is 22.7 Å². The Labute approximate surface area is 219 Å². The fraction of sp³-hybridized carbons (Fsp3) is 0.222. The van der Waals surface area contributed by atoms with E-state index in [-0.39, 0.29) is 34.3 Å². The van der Waals surface area contributed by atoms with E-state index in [0.29, 0.717) is 17.5 Å². The minimum Gasteiger partial charge on any atom is -0.494 e. The molecule has 0 radical (unpaired) electrons. The molecule has 0 aliphatic rings. The Morgan fingerprint density at radius 1 is 1.00 bits per heavy atom. The lowest BCUT2D eigenvalue weighted by molar-refractivity contribution is 0.374. The van der Waals surface area contributed by atoms with Crippen LogP contribution < -0.4 is 15.0 Å². The van der Waals surface area contributed by atoms with Gasteiger partial charge in [-0.2, -0.15) is 4.98 Å². The SMILES string of the molecule is CCCCc1nc(=O)c(S(=O)(=O)c2ccc(-c3cncc(F)c3)cc2)c(O)n1-c1c(OC)cccc1OC. The molecule has 11 heteroatoms. The van der Waals surface area contributed by atoms with Crippen LogP contribution in [0.4, 0.5) is 4.39 Å². The third kappa shape index (κ3) is 4.97. The molecule has 0 unspecified atom stereocenters. The molecule has 0 spiro atoms. The van der Waals surface area contributed by atoms with Gasteiger partial charge in [0.15, 0.2) is 4.90 Å². The topological polar surface area (TPSA) is 121 Å². The number of hydrogen-bond acceptors (Lipinski definition) is 8. The number of aromatic nitrogens is 3. The van der Waals surface area contributed by atoms with Crippen LogP contribution >= 0.6 is 0 Å². The van der Waals surface area contributed by atoms with Crippen molar-refractivity contribution < 1.29 is 27.4 Å². The van der Waals surface area contributed by atoms with Crippen LogP contribution in [0.3, 0.4) is 0 Å². The molecule has 0 saturated carbocycles. The van der Waals surface area contributed by atoms with Crippen LogP contribution in [0.15, 0.2) is 75.5 Å². The summed E-state index contributed by atoms with van der Waals surface area (Å²) in [5.74, 6) is -0.633. The monoisotopic (exact) mass is 539 g/mol. The van der Waals surface area contributed by atoms with Gasteiger partial charge in [0.2, 0.25) is 15.7 Å². The second-order valence-corrected chi connectivity index (χ2v) is 10.2. The summed E-state index contributed by atoms with van der Waals surface area (Å²) in [6.45, 7) is 1.95. The standard InChI is InChI=1S/C27H26FN3O6S/c1-4-5-9-23-30-26(32)25(27(33)31(23)24-21(36-2)7-6-8-22(24)37-3)38(34,35)20-12-10-17(11-13-20)18-14-19(28)16-29-15-18/h6-8,10-16,33H,4-5,9H2,1-3H3. The maximum absolute atomic E-state index is 13.6. The summed E-state index contributed by atoms with van der Waals surface area (Å²) in [5, 5.41) is 11.4. The first-order valence-electron chi connectivity index (χ1n) is 11.7. The molecule has 4 rings (SSSR count). The maximum Gasteiger partial charge on any atom is 0.296 e. The van der Waals surface area contributed by atoms with Crippen molar-refractivity contribution in [3.8, 4) is 34.2 Å². The molecule has 0 atom stereocenters. The quantitative estimate of drug-likeness (QED) is 0.334. The fourth-order valence-electron chi connectivity index (χ4n) is 4.08. The largest absolute Gasteiger partial charge is 0.494 e. The van der Waals surface area contributed by atoms with Gasteiger partial charge in [-0.25, -0.2) is 12.8 Å². The molecule has 2 aromatic heterocycles. The Hall–Kier alpha value is -4.25. The van der Waals surface area contributed by atoms with Gasteiger partial charge in [0.25, 0.3) is 5.56 Å². The van der Waals surface area contributed by atoms with E-state index in [1.165, 1.54) is 55.3 Å². The minimum atomic E-state index is -4.53. The van der Waals surface area contributed by atoms with Crippen molar-refractivity contribution in [1.82, 2.24) is 14.5 Å². The van der Waals surface area contributed by atoms with Crippen LogP contribution in [0, 0.1) is 5.82 Å². The lowest BCUT2D eigenvalue weighted by Crippen LogP contribution is -2.25. The Bertz CT molecular complexity index is 1610. The van der Waals surface area contributed by atoms with E-state index in [0.717, 1.165) is 12.6 Å². The van der Waals surface area contributed by atoms with E-state index in [4.69, 9.17) is 9.47 Å². The number of pyridine rings is 1. The number of halogens is 1. The molecule has 2 aromatic carbocycles. The van der Waals surface area contributed by atoms with Crippen molar-refractivity contribution in [2.24, 2.45) is 0 Å². The summed E-state index contributed by atoms with van der Waals surface area (Å²) in [5.41, 5.74) is 0.0878. The van der Waals surface area contributed by atoms with Crippen molar-refractivity contribution >= 4 is 9.84 Å². The summed E-state index contributed by atoms with van der Waals surface area (Å²) < 4.78 is 53.0. The first-order chi connectivity index (χ1) is 18.2. The smallest absolute Gasteiger partial charge is 0.296 e.